The van der Waals surface area contributed by atoms with E-state index in [1.54, 1.807) is 19.9 Å². The normalized spacial score (nSPS) is 12.5. The van der Waals surface area contributed by atoms with E-state index in [0.29, 0.717) is 5.69 Å². The van der Waals surface area contributed by atoms with Crippen LogP contribution in [-0.4, -0.2) is 33.2 Å². The van der Waals surface area contributed by atoms with Crippen molar-refractivity contribution in [2.24, 2.45) is 7.05 Å². The van der Waals surface area contributed by atoms with Gasteiger partial charge in [0.1, 0.15) is 17.0 Å². The summed E-state index contributed by atoms with van der Waals surface area (Å²) in [5.41, 5.74) is 3.29. The van der Waals surface area contributed by atoms with Crippen molar-refractivity contribution in [2.75, 3.05) is 18.5 Å². The molecule has 0 saturated carbocycles. The maximum Gasteiger partial charge on any atom is 0.265 e. The number of halogens is 1. The molecule has 2 aromatic heterocycles. The van der Waals surface area contributed by atoms with Gasteiger partial charge in [0.2, 0.25) is 0 Å². The number of rotatable bonds is 7. The maximum atomic E-state index is 14.4. The van der Waals surface area contributed by atoms with E-state index < -0.39 is 17.6 Å². The molecular formula is C18H21FN4O5. The Kier molecular flexibility index (Phi) is 5.75. The Labute approximate surface area is 159 Å². The molecule has 1 unspecified atom stereocenters. The number of pyridine rings is 1. The summed E-state index contributed by atoms with van der Waals surface area (Å²) in [6.07, 6.45) is -1.45. The Morgan fingerprint density at radius 2 is 2.14 bits per heavy atom. The third-order valence-corrected chi connectivity index (χ3v) is 4.26. The van der Waals surface area contributed by atoms with E-state index in [1.807, 2.05) is 0 Å². The highest BCUT2D eigenvalue weighted by molar-refractivity contribution is 5.86. The molecule has 28 heavy (non-hydrogen) atoms. The number of fused-ring (bicyclic) bond motifs is 1. The highest BCUT2D eigenvalue weighted by atomic mass is 19.1. The fraction of sp³-hybridized carbons (Fsp3) is 0.333. The van der Waals surface area contributed by atoms with Crippen LogP contribution >= 0.6 is 0 Å². The van der Waals surface area contributed by atoms with E-state index in [1.165, 1.54) is 23.7 Å². The zero-order chi connectivity index (χ0) is 20.4. The first-order valence-corrected chi connectivity index (χ1v) is 8.53. The lowest BCUT2D eigenvalue weighted by atomic mass is 10.1. The van der Waals surface area contributed by atoms with Crippen LogP contribution in [-0.2, 0) is 11.9 Å². The monoisotopic (exact) mass is 392 g/mol. The molecule has 0 radical (unpaired) electrons. The van der Waals surface area contributed by atoms with E-state index in [9.17, 15) is 14.3 Å². The van der Waals surface area contributed by atoms with Crippen LogP contribution in [0.15, 0.2) is 27.5 Å². The summed E-state index contributed by atoms with van der Waals surface area (Å²) in [5.74, 6) is -0.421. The minimum Gasteiger partial charge on any atom is -0.394 e. The van der Waals surface area contributed by atoms with Gasteiger partial charge >= 0.3 is 0 Å². The van der Waals surface area contributed by atoms with Crippen LogP contribution in [0, 0.1) is 19.7 Å². The highest BCUT2D eigenvalue weighted by Gasteiger charge is 2.26. The molecule has 3 rings (SSSR count). The summed E-state index contributed by atoms with van der Waals surface area (Å²) >= 11 is 0. The van der Waals surface area contributed by atoms with Crippen LogP contribution in [0.4, 0.5) is 15.9 Å². The molecule has 0 spiro atoms. The van der Waals surface area contributed by atoms with Crippen LogP contribution < -0.4 is 16.4 Å². The van der Waals surface area contributed by atoms with Gasteiger partial charge in [-0.1, -0.05) is 11.2 Å². The molecule has 0 amide bonds. The SMILES string of the molecule is Cc1ccc(Nc2c(C(O)NOCCO)c3onc(C)c3c(=O)n2C)c(F)c1. The summed E-state index contributed by atoms with van der Waals surface area (Å²) in [6.45, 7) is 3.02. The molecule has 9 nitrogen and oxygen atoms in total. The van der Waals surface area contributed by atoms with E-state index >= 15 is 0 Å². The van der Waals surface area contributed by atoms with E-state index in [2.05, 4.69) is 16.0 Å². The van der Waals surface area contributed by atoms with Crippen molar-refractivity contribution in [1.29, 1.82) is 0 Å². The van der Waals surface area contributed by atoms with Gasteiger partial charge in [-0.3, -0.25) is 14.2 Å². The molecule has 0 fully saturated rings. The number of hydrogen-bond acceptors (Lipinski definition) is 8. The average molecular weight is 392 g/mol. The Balaban J connectivity index is 2.17. The van der Waals surface area contributed by atoms with Crippen molar-refractivity contribution in [1.82, 2.24) is 15.2 Å². The van der Waals surface area contributed by atoms with E-state index in [-0.39, 0.29) is 41.3 Å². The van der Waals surface area contributed by atoms with Gasteiger partial charge in [0.25, 0.3) is 5.56 Å². The summed E-state index contributed by atoms with van der Waals surface area (Å²) in [4.78, 5) is 17.7. The second-order valence-electron chi connectivity index (χ2n) is 6.30. The van der Waals surface area contributed by atoms with Crippen LogP contribution in [0.5, 0.6) is 0 Å². The van der Waals surface area contributed by atoms with Crippen molar-refractivity contribution >= 4 is 22.5 Å². The largest absolute Gasteiger partial charge is 0.394 e. The van der Waals surface area contributed by atoms with Crippen LogP contribution in [0.1, 0.15) is 23.0 Å². The number of nitrogens with zero attached hydrogens (tertiary/aromatic N) is 2. The third-order valence-electron chi connectivity index (χ3n) is 4.26. The van der Waals surface area contributed by atoms with Gasteiger partial charge in [0.15, 0.2) is 11.8 Å². The second-order valence-corrected chi connectivity index (χ2v) is 6.30. The maximum absolute atomic E-state index is 14.4. The van der Waals surface area contributed by atoms with Crippen LogP contribution in [0.2, 0.25) is 0 Å². The number of nitrogens with one attached hydrogen (secondary N) is 2. The lowest BCUT2D eigenvalue weighted by Crippen LogP contribution is -2.28. The molecule has 1 aromatic carbocycles. The fourth-order valence-electron chi connectivity index (χ4n) is 2.86. The van der Waals surface area contributed by atoms with Gasteiger partial charge in [0.05, 0.1) is 30.2 Å². The zero-order valence-corrected chi connectivity index (χ0v) is 15.6. The van der Waals surface area contributed by atoms with Gasteiger partial charge in [-0.15, -0.1) is 0 Å². The molecule has 1 atom stereocenters. The van der Waals surface area contributed by atoms with E-state index in [4.69, 9.17) is 14.5 Å². The number of hydrogen-bond donors (Lipinski definition) is 4. The molecule has 0 saturated heterocycles. The van der Waals surface area contributed by atoms with Gasteiger partial charge in [-0.25, -0.2) is 4.39 Å². The molecule has 2 heterocycles. The number of benzene rings is 1. The summed E-state index contributed by atoms with van der Waals surface area (Å²) in [6, 6.07) is 4.58. The van der Waals surface area contributed by atoms with E-state index in [0.717, 1.165) is 5.56 Å². The number of hydroxylamine groups is 1. The Morgan fingerprint density at radius 3 is 2.82 bits per heavy atom. The Bertz CT molecular complexity index is 1060. The van der Waals surface area contributed by atoms with Gasteiger partial charge in [0, 0.05) is 7.05 Å². The molecule has 150 valence electrons. The predicted molar refractivity (Wildman–Crippen MR) is 99.5 cm³/mol. The summed E-state index contributed by atoms with van der Waals surface area (Å²) < 4.78 is 20.9. The Morgan fingerprint density at radius 1 is 1.39 bits per heavy atom. The summed E-state index contributed by atoms with van der Waals surface area (Å²) in [7, 11) is 1.48. The molecule has 0 aliphatic rings. The van der Waals surface area contributed by atoms with Gasteiger partial charge in [-0.2, -0.15) is 5.48 Å². The minimum absolute atomic E-state index is 0.0446. The Hall–Kier alpha value is -2.79. The first-order chi connectivity index (χ1) is 13.3. The standard InChI is InChI=1S/C18H21FN4O5/c1-9-4-5-12(11(19)8-9)20-16-14(17(25)22-27-7-6-24)15-13(10(2)21-28-15)18(26)23(16)3/h4-5,8,17,20,22,24-25H,6-7H2,1-3H3. The summed E-state index contributed by atoms with van der Waals surface area (Å²) in [5, 5.41) is 26.3. The molecule has 0 bridgehead atoms. The molecule has 0 aliphatic heterocycles. The average Bonchev–Trinajstić information content (AvgIpc) is 3.03. The number of anilines is 2. The van der Waals surface area contributed by atoms with Crippen molar-refractivity contribution in [3.05, 3.63) is 51.2 Å². The van der Waals surface area contributed by atoms with Crippen LogP contribution in [0.25, 0.3) is 11.0 Å². The quantitative estimate of drug-likeness (QED) is 0.271. The minimum atomic E-state index is -1.45. The van der Waals surface area contributed by atoms with Gasteiger partial charge in [-0.05, 0) is 31.5 Å². The first kappa shape index (κ1) is 20.0. The molecule has 3 aromatic rings. The number of aryl methyl sites for hydroxylation is 2. The van der Waals surface area contributed by atoms with Gasteiger partial charge < -0.3 is 20.1 Å². The third kappa shape index (κ3) is 3.62. The highest BCUT2D eigenvalue weighted by Crippen LogP contribution is 2.32. The second kappa shape index (κ2) is 8.07. The smallest absolute Gasteiger partial charge is 0.265 e. The number of aliphatic hydroxyl groups is 2. The first-order valence-electron chi connectivity index (χ1n) is 8.53. The van der Waals surface area contributed by atoms with Crippen molar-refractivity contribution in [3.63, 3.8) is 0 Å². The van der Waals surface area contributed by atoms with Crippen LogP contribution in [0.3, 0.4) is 0 Å². The predicted octanol–water partition coefficient (Wildman–Crippen LogP) is 1.53. The lowest BCUT2D eigenvalue weighted by Gasteiger charge is -2.20. The molecule has 10 heteroatoms. The van der Waals surface area contributed by atoms with Crippen molar-refractivity contribution in [3.8, 4) is 0 Å². The fourth-order valence-corrected chi connectivity index (χ4v) is 2.86. The molecule has 0 aliphatic carbocycles. The number of aliphatic hydroxyl groups excluding tert-OH is 2. The number of aromatic nitrogens is 2. The van der Waals surface area contributed by atoms with Crippen molar-refractivity contribution in [2.45, 2.75) is 20.1 Å². The molecule has 4 N–H and O–H groups in total. The molecular weight excluding hydrogens is 371 g/mol. The van der Waals surface area contributed by atoms with Crippen molar-refractivity contribution < 1.29 is 24.0 Å². The topological polar surface area (TPSA) is 122 Å². The zero-order valence-electron chi connectivity index (χ0n) is 15.6. The lowest BCUT2D eigenvalue weighted by molar-refractivity contribution is -0.0673.